The Morgan fingerprint density at radius 2 is 2.22 bits per heavy atom. The van der Waals surface area contributed by atoms with Crippen molar-refractivity contribution in [1.82, 2.24) is 0 Å². The molecular weight excluding hydrogens is 232 g/mol. The van der Waals surface area contributed by atoms with E-state index in [-0.39, 0.29) is 23.3 Å². The number of anilines is 2. The lowest BCUT2D eigenvalue weighted by Gasteiger charge is -2.36. The Labute approximate surface area is 106 Å². The predicted molar refractivity (Wildman–Crippen MR) is 69.8 cm³/mol. The number of piperidine rings is 1. The van der Waals surface area contributed by atoms with Gasteiger partial charge < -0.3 is 20.8 Å². The third kappa shape index (κ3) is 2.41. The van der Waals surface area contributed by atoms with Crippen LogP contribution in [0.2, 0.25) is 0 Å². The average Bonchev–Trinajstić information content (AvgIpc) is 2.32. The van der Waals surface area contributed by atoms with Gasteiger partial charge in [0.15, 0.2) is 0 Å². The van der Waals surface area contributed by atoms with Crippen LogP contribution in [0.3, 0.4) is 0 Å². The zero-order chi connectivity index (χ0) is 13.3. The van der Waals surface area contributed by atoms with Crippen LogP contribution in [0.5, 0.6) is 0 Å². The first-order chi connectivity index (χ1) is 8.49. The minimum atomic E-state index is -1.01. The first-order valence-electron chi connectivity index (χ1n) is 6.05. The average molecular weight is 250 g/mol. The van der Waals surface area contributed by atoms with Crippen LogP contribution in [-0.2, 0) is 0 Å². The van der Waals surface area contributed by atoms with E-state index in [0.717, 1.165) is 25.2 Å². The molecule has 1 aromatic rings. The van der Waals surface area contributed by atoms with E-state index >= 15 is 0 Å². The summed E-state index contributed by atoms with van der Waals surface area (Å²) >= 11 is 0. The van der Waals surface area contributed by atoms with Gasteiger partial charge in [0, 0.05) is 24.5 Å². The molecule has 0 spiro atoms. The van der Waals surface area contributed by atoms with Crippen LogP contribution in [0.1, 0.15) is 23.7 Å². The number of nitrogens with zero attached hydrogens (tertiary/aromatic N) is 1. The molecule has 0 amide bonds. The first-order valence-corrected chi connectivity index (χ1v) is 6.05. The molecule has 1 aliphatic heterocycles. The molecule has 0 bridgehead atoms. The fourth-order valence-electron chi connectivity index (χ4n) is 2.31. The van der Waals surface area contributed by atoms with E-state index in [4.69, 9.17) is 10.8 Å². The van der Waals surface area contributed by atoms with Gasteiger partial charge in [-0.3, -0.25) is 0 Å². The fraction of sp³-hybridized carbons (Fsp3) is 0.462. The molecule has 2 atom stereocenters. The van der Waals surface area contributed by atoms with Crippen LogP contribution >= 0.6 is 0 Å². The quantitative estimate of drug-likeness (QED) is 0.686. The molecule has 1 aromatic carbocycles. The predicted octanol–water partition coefficient (Wildman–Crippen LogP) is 1.17. The van der Waals surface area contributed by atoms with E-state index in [1.807, 2.05) is 6.92 Å². The fourth-order valence-corrected chi connectivity index (χ4v) is 2.31. The molecule has 1 aliphatic rings. The number of benzene rings is 1. The summed E-state index contributed by atoms with van der Waals surface area (Å²) in [6.45, 7) is 3.52. The summed E-state index contributed by atoms with van der Waals surface area (Å²) in [5.74, 6) is -0.805. The largest absolute Gasteiger partial charge is 0.478 e. The van der Waals surface area contributed by atoms with Gasteiger partial charge in [0.05, 0.1) is 11.7 Å². The summed E-state index contributed by atoms with van der Waals surface area (Å²) in [6, 6.07) is 4.99. The van der Waals surface area contributed by atoms with Crippen molar-refractivity contribution < 1.29 is 15.0 Å². The van der Waals surface area contributed by atoms with Gasteiger partial charge in [-0.1, -0.05) is 6.92 Å². The second kappa shape index (κ2) is 4.86. The zero-order valence-electron chi connectivity index (χ0n) is 10.3. The van der Waals surface area contributed by atoms with Gasteiger partial charge in [0.2, 0.25) is 0 Å². The summed E-state index contributed by atoms with van der Waals surface area (Å²) in [5, 5.41) is 18.6. The molecule has 0 saturated carbocycles. The van der Waals surface area contributed by atoms with E-state index in [2.05, 4.69) is 4.90 Å². The van der Waals surface area contributed by atoms with Crippen LogP contribution < -0.4 is 10.6 Å². The van der Waals surface area contributed by atoms with Gasteiger partial charge in [-0.05, 0) is 30.5 Å². The first kappa shape index (κ1) is 12.7. The van der Waals surface area contributed by atoms with Crippen molar-refractivity contribution >= 4 is 17.3 Å². The van der Waals surface area contributed by atoms with Gasteiger partial charge >= 0.3 is 5.97 Å². The number of rotatable bonds is 2. The standard InChI is InChI=1S/C13H18N2O3/c1-8-7-15(5-4-12(8)16)9-2-3-10(13(17)18)11(14)6-9/h2-3,6,8,12,16H,4-5,7,14H2,1H3,(H,17,18). The SMILES string of the molecule is CC1CN(c2ccc(C(=O)O)c(N)c2)CCC1O. The number of carboxylic acid groups (broad SMARTS) is 1. The number of carbonyl (C=O) groups is 1. The van der Waals surface area contributed by atoms with Gasteiger partial charge in [-0.15, -0.1) is 0 Å². The van der Waals surface area contributed by atoms with E-state index < -0.39 is 5.97 Å². The van der Waals surface area contributed by atoms with E-state index in [9.17, 15) is 9.90 Å². The minimum absolute atomic E-state index is 0.129. The summed E-state index contributed by atoms with van der Waals surface area (Å²) < 4.78 is 0. The molecule has 98 valence electrons. The van der Waals surface area contributed by atoms with Crippen LogP contribution in [0.15, 0.2) is 18.2 Å². The summed E-state index contributed by atoms with van der Waals surface area (Å²) in [5.41, 5.74) is 7.05. The number of nitrogens with two attached hydrogens (primary N) is 1. The molecule has 1 fully saturated rings. The Balaban J connectivity index is 2.19. The maximum absolute atomic E-state index is 10.9. The molecule has 2 rings (SSSR count). The number of carboxylic acids is 1. The minimum Gasteiger partial charge on any atom is -0.478 e. The Morgan fingerprint density at radius 1 is 1.50 bits per heavy atom. The van der Waals surface area contributed by atoms with Crippen molar-refractivity contribution in [2.75, 3.05) is 23.7 Å². The third-order valence-corrected chi connectivity index (χ3v) is 3.49. The van der Waals surface area contributed by atoms with Gasteiger partial charge in [-0.2, -0.15) is 0 Å². The second-order valence-corrected chi connectivity index (χ2v) is 4.86. The van der Waals surface area contributed by atoms with Crippen LogP contribution in [-0.4, -0.2) is 35.4 Å². The monoisotopic (exact) mass is 250 g/mol. The number of aliphatic hydroxyl groups is 1. The van der Waals surface area contributed by atoms with Crippen molar-refractivity contribution in [2.45, 2.75) is 19.4 Å². The molecule has 0 aliphatic carbocycles. The Bertz CT molecular complexity index is 462. The Hall–Kier alpha value is -1.75. The zero-order valence-corrected chi connectivity index (χ0v) is 10.3. The van der Waals surface area contributed by atoms with E-state index in [0.29, 0.717) is 0 Å². The van der Waals surface area contributed by atoms with Crippen molar-refractivity contribution in [3.8, 4) is 0 Å². The molecule has 1 saturated heterocycles. The lowest BCUT2D eigenvalue weighted by Crippen LogP contribution is -2.42. The number of aromatic carboxylic acids is 1. The highest BCUT2D eigenvalue weighted by atomic mass is 16.4. The van der Waals surface area contributed by atoms with Crippen molar-refractivity contribution in [3.05, 3.63) is 23.8 Å². The number of hydrogen-bond acceptors (Lipinski definition) is 4. The van der Waals surface area contributed by atoms with Crippen molar-refractivity contribution in [1.29, 1.82) is 0 Å². The topological polar surface area (TPSA) is 86.8 Å². The van der Waals surface area contributed by atoms with Crippen LogP contribution in [0, 0.1) is 5.92 Å². The molecule has 2 unspecified atom stereocenters. The summed E-state index contributed by atoms with van der Waals surface area (Å²) in [7, 11) is 0. The smallest absolute Gasteiger partial charge is 0.337 e. The normalized spacial score (nSPS) is 24.0. The van der Waals surface area contributed by atoms with Gasteiger partial charge in [0.25, 0.3) is 0 Å². The molecule has 5 heteroatoms. The Morgan fingerprint density at radius 3 is 2.78 bits per heavy atom. The second-order valence-electron chi connectivity index (χ2n) is 4.86. The molecule has 5 nitrogen and oxygen atoms in total. The third-order valence-electron chi connectivity index (χ3n) is 3.49. The number of aliphatic hydroxyl groups excluding tert-OH is 1. The summed E-state index contributed by atoms with van der Waals surface area (Å²) in [6.07, 6.45) is 0.471. The lowest BCUT2D eigenvalue weighted by molar-refractivity contribution is 0.0698. The van der Waals surface area contributed by atoms with E-state index in [1.54, 1.807) is 12.1 Å². The van der Waals surface area contributed by atoms with Crippen LogP contribution in [0.25, 0.3) is 0 Å². The van der Waals surface area contributed by atoms with E-state index in [1.165, 1.54) is 6.07 Å². The highest BCUT2D eigenvalue weighted by Crippen LogP contribution is 2.26. The maximum Gasteiger partial charge on any atom is 0.337 e. The van der Waals surface area contributed by atoms with Gasteiger partial charge in [-0.25, -0.2) is 4.79 Å². The van der Waals surface area contributed by atoms with Crippen molar-refractivity contribution in [3.63, 3.8) is 0 Å². The highest BCUT2D eigenvalue weighted by Gasteiger charge is 2.24. The Kier molecular flexibility index (Phi) is 3.43. The number of nitrogen functional groups attached to an aromatic ring is 1. The van der Waals surface area contributed by atoms with Gasteiger partial charge in [0.1, 0.15) is 0 Å². The highest BCUT2D eigenvalue weighted by molar-refractivity contribution is 5.94. The molecule has 4 N–H and O–H groups in total. The summed E-state index contributed by atoms with van der Waals surface area (Å²) in [4.78, 5) is 13.0. The van der Waals surface area contributed by atoms with Crippen LogP contribution in [0.4, 0.5) is 11.4 Å². The number of hydrogen-bond donors (Lipinski definition) is 3. The molecule has 1 heterocycles. The maximum atomic E-state index is 10.9. The molecule has 18 heavy (non-hydrogen) atoms. The molecule has 0 aromatic heterocycles. The lowest BCUT2D eigenvalue weighted by atomic mass is 9.96. The molecular formula is C13H18N2O3. The van der Waals surface area contributed by atoms with Crippen molar-refractivity contribution in [2.24, 2.45) is 5.92 Å². The molecule has 0 radical (unpaired) electrons.